The Morgan fingerprint density at radius 3 is 2.08 bits per heavy atom. The Labute approximate surface area is 201 Å². The highest BCUT2D eigenvalue weighted by atomic mass is 19.4. The molecule has 0 radical (unpaired) electrons. The van der Waals surface area contributed by atoms with Gasteiger partial charge in [0, 0.05) is 58.6 Å². The molecule has 36 heavy (non-hydrogen) atoms. The Bertz CT molecular complexity index is 867. The van der Waals surface area contributed by atoms with Crippen LogP contribution in [0, 0.1) is 0 Å². The van der Waals surface area contributed by atoms with E-state index in [1.54, 1.807) is 19.0 Å². The van der Waals surface area contributed by atoms with Gasteiger partial charge in [-0.05, 0) is 12.8 Å². The molecular formula is C19H27F6N5O6. The lowest BCUT2D eigenvalue weighted by molar-refractivity contribution is -0.193. The third-order valence-corrected chi connectivity index (χ3v) is 4.97. The van der Waals surface area contributed by atoms with Crippen molar-refractivity contribution in [2.75, 3.05) is 27.2 Å². The van der Waals surface area contributed by atoms with Crippen molar-refractivity contribution in [3.8, 4) is 0 Å². The van der Waals surface area contributed by atoms with Gasteiger partial charge in [0.05, 0.1) is 18.3 Å². The number of amides is 2. The molecule has 0 aromatic carbocycles. The van der Waals surface area contributed by atoms with Crippen LogP contribution in [0.4, 0.5) is 31.1 Å². The normalized spacial score (nSPS) is 21.8. The number of hydrogen-bond acceptors (Lipinski definition) is 6. The number of nitrogens with zero attached hydrogens (tertiary/aromatic N) is 4. The summed E-state index contributed by atoms with van der Waals surface area (Å²) in [4.78, 5) is 33.7. The summed E-state index contributed by atoms with van der Waals surface area (Å²) in [6.07, 6.45) is -3.91. The summed E-state index contributed by atoms with van der Waals surface area (Å²) in [5, 5.41) is 21.6. The van der Waals surface area contributed by atoms with E-state index in [0.29, 0.717) is 6.04 Å². The minimum absolute atomic E-state index is 0.0527. The van der Waals surface area contributed by atoms with Gasteiger partial charge in [-0.15, -0.1) is 0 Å². The summed E-state index contributed by atoms with van der Waals surface area (Å²) in [6.45, 7) is 2.47. The summed E-state index contributed by atoms with van der Waals surface area (Å²) in [5.74, 6) is -5.51. The number of carboxylic acids is 2. The zero-order valence-corrected chi connectivity index (χ0v) is 19.5. The first-order valence-corrected chi connectivity index (χ1v) is 10.3. The highest BCUT2D eigenvalue weighted by Crippen LogP contribution is 2.30. The van der Waals surface area contributed by atoms with E-state index >= 15 is 0 Å². The largest absolute Gasteiger partial charge is 0.490 e. The second-order valence-corrected chi connectivity index (χ2v) is 8.05. The molecule has 11 nitrogen and oxygen atoms in total. The molecule has 2 amide bonds. The highest BCUT2D eigenvalue weighted by Gasteiger charge is 2.44. The number of aliphatic carboxylic acids is 2. The molecule has 1 aromatic rings. The molecule has 3 N–H and O–H groups in total. The van der Waals surface area contributed by atoms with E-state index in [-0.39, 0.29) is 18.2 Å². The lowest BCUT2D eigenvalue weighted by Crippen LogP contribution is -2.50. The average Bonchev–Trinajstić information content (AvgIpc) is 3.31. The summed E-state index contributed by atoms with van der Waals surface area (Å²) in [5.41, 5.74) is 1.20. The summed E-state index contributed by atoms with van der Waals surface area (Å²) < 4.78 is 71.3. The van der Waals surface area contributed by atoms with Crippen molar-refractivity contribution in [3.05, 3.63) is 18.0 Å². The number of alkyl halides is 6. The lowest BCUT2D eigenvalue weighted by Gasteiger charge is -2.32. The second kappa shape index (κ2) is 12.8. The number of aromatic nitrogens is 2. The Kier molecular flexibility index (Phi) is 11.0. The van der Waals surface area contributed by atoms with Gasteiger partial charge in [-0.2, -0.15) is 31.4 Å². The smallest absolute Gasteiger partial charge is 0.475 e. The zero-order chi connectivity index (χ0) is 27.8. The minimum atomic E-state index is -5.08. The monoisotopic (exact) mass is 535 g/mol. The van der Waals surface area contributed by atoms with E-state index in [1.807, 2.05) is 24.1 Å². The van der Waals surface area contributed by atoms with Crippen molar-refractivity contribution >= 4 is 18.0 Å². The predicted molar refractivity (Wildman–Crippen MR) is 110 cm³/mol. The molecule has 0 spiro atoms. The number of nitrogens with one attached hydrogen (secondary N) is 1. The van der Waals surface area contributed by atoms with Crippen LogP contribution in [-0.2, 0) is 27.9 Å². The van der Waals surface area contributed by atoms with Gasteiger partial charge >= 0.3 is 30.3 Å². The molecular weight excluding hydrogens is 508 g/mol. The van der Waals surface area contributed by atoms with E-state index in [1.165, 1.54) is 5.56 Å². The molecule has 2 fully saturated rings. The van der Waals surface area contributed by atoms with Crippen LogP contribution in [0.25, 0.3) is 0 Å². The van der Waals surface area contributed by atoms with Crippen LogP contribution in [0.1, 0.15) is 18.4 Å². The second-order valence-electron chi connectivity index (χ2n) is 8.05. The van der Waals surface area contributed by atoms with Gasteiger partial charge in [-0.25, -0.2) is 14.4 Å². The van der Waals surface area contributed by atoms with Crippen molar-refractivity contribution in [2.24, 2.45) is 7.05 Å². The fraction of sp³-hybridized carbons (Fsp3) is 0.684. The van der Waals surface area contributed by atoms with E-state index in [4.69, 9.17) is 24.5 Å². The third kappa shape index (κ3) is 9.88. The van der Waals surface area contributed by atoms with Gasteiger partial charge in [0.15, 0.2) is 0 Å². The lowest BCUT2D eigenvalue weighted by atomic mass is 10.0. The first-order chi connectivity index (χ1) is 16.4. The SMILES string of the molecule is CN(C)C(=O)N[C@H]1CN(Cc2cnn(C)c2)[C@@H]2CCCO[C@H]12.O=C(O)C(F)(F)F.O=C(O)C(F)(F)F. The molecule has 2 saturated heterocycles. The number of ether oxygens (including phenoxy) is 1. The van der Waals surface area contributed by atoms with E-state index in [9.17, 15) is 31.1 Å². The Morgan fingerprint density at radius 1 is 1.14 bits per heavy atom. The van der Waals surface area contributed by atoms with Crippen LogP contribution in [-0.4, -0.2) is 106 Å². The molecule has 17 heteroatoms. The predicted octanol–water partition coefficient (Wildman–Crippen LogP) is 1.69. The van der Waals surface area contributed by atoms with Crippen LogP contribution < -0.4 is 5.32 Å². The maximum absolute atomic E-state index is 12.0. The quantitative estimate of drug-likeness (QED) is 0.498. The first-order valence-electron chi connectivity index (χ1n) is 10.3. The maximum Gasteiger partial charge on any atom is 0.490 e. The first kappa shape index (κ1) is 31.0. The minimum Gasteiger partial charge on any atom is -0.475 e. The number of fused-ring (bicyclic) bond motifs is 1. The molecule has 3 rings (SSSR count). The molecule has 3 atom stereocenters. The Hall–Kier alpha value is -3.08. The number of likely N-dealkylation sites (tertiary alicyclic amines) is 1. The molecule has 0 saturated carbocycles. The van der Waals surface area contributed by atoms with Crippen LogP contribution in [0.15, 0.2) is 12.4 Å². The van der Waals surface area contributed by atoms with Gasteiger partial charge in [-0.1, -0.05) is 0 Å². The number of urea groups is 1. The fourth-order valence-corrected chi connectivity index (χ4v) is 3.44. The summed E-state index contributed by atoms with van der Waals surface area (Å²) >= 11 is 0. The molecule has 1 aromatic heterocycles. The van der Waals surface area contributed by atoms with E-state index in [0.717, 1.165) is 32.5 Å². The average molecular weight is 535 g/mol. The molecule has 2 aliphatic heterocycles. The maximum atomic E-state index is 12.0. The molecule has 0 aliphatic carbocycles. The number of carbonyl (C=O) groups is 3. The van der Waals surface area contributed by atoms with Crippen molar-refractivity contribution in [3.63, 3.8) is 0 Å². The van der Waals surface area contributed by atoms with Crippen LogP contribution in [0.5, 0.6) is 0 Å². The van der Waals surface area contributed by atoms with Gasteiger partial charge in [0.2, 0.25) is 0 Å². The molecule has 2 aliphatic rings. The summed E-state index contributed by atoms with van der Waals surface area (Å²) in [6, 6.07) is 0.374. The van der Waals surface area contributed by atoms with E-state index in [2.05, 4.69) is 15.3 Å². The number of carboxylic acid groups (broad SMARTS) is 2. The van der Waals surface area contributed by atoms with Gasteiger partial charge < -0.3 is 25.2 Å². The van der Waals surface area contributed by atoms with Crippen molar-refractivity contribution < 1.29 is 55.7 Å². The highest BCUT2D eigenvalue weighted by molar-refractivity contribution is 5.74. The number of halogens is 6. The number of hydrogen-bond donors (Lipinski definition) is 3. The number of rotatable bonds is 3. The van der Waals surface area contributed by atoms with Crippen LogP contribution >= 0.6 is 0 Å². The molecule has 206 valence electrons. The van der Waals surface area contributed by atoms with Crippen LogP contribution in [0.3, 0.4) is 0 Å². The topological polar surface area (TPSA) is 137 Å². The van der Waals surface area contributed by atoms with Crippen molar-refractivity contribution in [1.82, 2.24) is 24.9 Å². The molecule has 3 heterocycles. The standard InChI is InChI=1S/C15H25N5O2.2C2HF3O2/c1-18(2)15(21)17-12-10-20(9-11-7-16-19(3)8-11)13-5-4-6-22-14(12)13;2*3-2(4,5)1(6)7/h7-8,12-14H,4-6,9-10H2,1-3H3,(H,17,21);2*(H,6,7)/t12-,13+,14+;;/m0../s1. The Balaban J connectivity index is 0.000000383. The van der Waals surface area contributed by atoms with Gasteiger partial charge in [0.1, 0.15) is 0 Å². The van der Waals surface area contributed by atoms with Crippen molar-refractivity contribution in [1.29, 1.82) is 0 Å². The molecule has 0 bridgehead atoms. The van der Waals surface area contributed by atoms with E-state index < -0.39 is 24.3 Å². The fourth-order valence-electron chi connectivity index (χ4n) is 3.44. The zero-order valence-electron chi connectivity index (χ0n) is 19.5. The number of carbonyl (C=O) groups excluding carboxylic acids is 1. The van der Waals surface area contributed by atoms with Crippen molar-refractivity contribution in [2.45, 2.75) is 49.9 Å². The number of aryl methyl sites for hydroxylation is 1. The Morgan fingerprint density at radius 2 is 1.67 bits per heavy atom. The van der Waals surface area contributed by atoms with Gasteiger partial charge in [-0.3, -0.25) is 9.58 Å². The third-order valence-electron chi connectivity index (χ3n) is 4.97. The summed E-state index contributed by atoms with van der Waals surface area (Å²) in [7, 11) is 5.45. The van der Waals surface area contributed by atoms with Gasteiger partial charge in [0.25, 0.3) is 0 Å². The molecule has 0 unspecified atom stereocenters. The van der Waals surface area contributed by atoms with Crippen LogP contribution in [0.2, 0.25) is 0 Å².